The van der Waals surface area contributed by atoms with Crippen LogP contribution in [-0.4, -0.2) is 12.8 Å². The van der Waals surface area contributed by atoms with Gasteiger partial charge in [-0.3, -0.25) is 0 Å². The van der Waals surface area contributed by atoms with Crippen LogP contribution in [0.1, 0.15) is 12.0 Å². The molecule has 0 atom stereocenters. The first-order valence-electron chi connectivity index (χ1n) is 6.53. The van der Waals surface area contributed by atoms with Crippen molar-refractivity contribution in [3.8, 4) is 11.5 Å². The van der Waals surface area contributed by atoms with Gasteiger partial charge in [-0.2, -0.15) is 0 Å². The first-order chi connectivity index (χ1) is 9.72. The van der Waals surface area contributed by atoms with Crippen molar-refractivity contribution in [3.63, 3.8) is 0 Å². The van der Waals surface area contributed by atoms with Crippen molar-refractivity contribution in [2.75, 3.05) is 12.8 Å². The van der Waals surface area contributed by atoms with Crippen LogP contribution in [0.25, 0.3) is 0 Å². The van der Waals surface area contributed by atoms with E-state index in [9.17, 15) is 0 Å². The van der Waals surface area contributed by atoms with E-state index in [1.54, 1.807) is 11.8 Å². The molecular weight excluding hydrogens is 334 g/mol. The lowest BCUT2D eigenvalue weighted by molar-refractivity contribution is 0.475. The van der Waals surface area contributed by atoms with Crippen molar-refractivity contribution < 1.29 is 4.74 Å². The van der Waals surface area contributed by atoms with E-state index < -0.39 is 0 Å². The minimum absolute atomic E-state index is 0.689. The summed E-state index contributed by atoms with van der Waals surface area (Å²) in [6.45, 7) is 0.689. The van der Waals surface area contributed by atoms with E-state index in [-0.39, 0.29) is 0 Å². The molecule has 2 aromatic carbocycles. The standard InChI is InChI=1S/C16H18BrNOS/c1-20-15-7-5-14(6-8-15)19-16-9-4-13(17)11-12(16)3-2-10-18/h4-9,11H,2-3,10,18H2,1H3. The number of rotatable bonds is 6. The number of ether oxygens (including phenoxy) is 1. The lowest BCUT2D eigenvalue weighted by Crippen LogP contribution is -2.01. The van der Waals surface area contributed by atoms with Gasteiger partial charge in [-0.05, 0) is 73.7 Å². The predicted molar refractivity (Wildman–Crippen MR) is 89.8 cm³/mol. The van der Waals surface area contributed by atoms with Crippen molar-refractivity contribution in [1.29, 1.82) is 0 Å². The summed E-state index contributed by atoms with van der Waals surface area (Å²) in [6.07, 6.45) is 3.95. The van der Waals surface area contributed by atoms with Gasteiger partial charge < -0.3 is 10.5 Å². The molecule has 0 unspecified atom stereocenters. The number of hydrogen-bond acceptors (Lipinski definition) is 3. The molecular formula is C16H18BrNOS. The Morgan fingerprint density at radius 3 is 2.55 bits per heavy atom. The van der Waals surface area contributed by atoms with Crippen molar-refractivity contribution >= 4 is 27.7 Å². The second-order valence-electron chi connectivity index (χ2n) is 4.42. The molecule has 2 aromatic rings. The lowest BCUT2D eigenvalue weighted by Gasteiger charge is -2.12. The van der Waals surface area contributed by atoms with E-state index >= 15 is 0 Å². The van der Waals surface area contributed by atoms with Crippen LogP contribution < -0.4 is 10.5 Å². The average Bonchev–Trinajstić information content (AvgIpc) is 2.48. The number of thioether (sulfide) groups is 1. The molecule has 0 amide bonds. The third kappa shape index (κ3) is 4.27. The Morgan fingerprint density at radius 1 is 1.15 bits per heavy atom. The molecule has 2 rings (SSSR count). The van der Waals surface area contributed by atoms with Crippen LogP contribution in [0.5, 0.6) is 11.5 Å². The maximum Gasteiger partial charge on any atom is 0.130 e. The van der Waals surface area contributed by atoms with Crippen LogP contribution in [0.3, 0.4) is 0 Å². The summed E-state index contributed by atoms with van der Waals surface area (Å²) < 4.78 is 7.05. The summed E-state index contributed by atoms with van der Waals surface area (Å²) in [6, 6.07) is 14.2. The van der Waals surface area contributed by atoms with Gasteiger partial charge in [0, 0.05) is 9.37 Å². The maximum absolute atomic E-state index is 5.99. The summed E-state index contributed by atoms with van der Waals surface area (Å²) in [5, 5.41) is 0. The van der Waals surface area contributed by atoms with Crippen LogP contribution >= 0.6 is 27.7 Å². The van der Waals surface area contributed by atoms with E-state index in [1.165, 1.54) is 10.5 Å². The first-order valence-corrected chi connectivity index (χ1v) is 8.55. The number of aryl methyl sites for hydroxylation is 1. The van der Waals surface area contributed by atoms with Gasteiger partial charge in [0.2, 0.25) is 0 Å². The highest BCUT2D eigenvalue weighted by molar-refractivity contribution is 9.10. The summed E-state index contributed by atoms with van der Waals surface area (Å²) in [4.78, 5) is 1.23. The molecule has 2 N–H and O–H groups in total. The smallest absolute Gasteiger partial charge is 0.130 e. The van der Waals surface area contributed by atoms with E-state index in [1.807, 2.05) is 24.3 Å². The molecule has 0 aromatic heterocycles. The quantitative estimate of drug-likeness (QED) is 0.755. The Labute approximate surface area is 132 Å². The number of hydrogen-bond donors (Lipinski definition) is 1. The molecule has 0 bridgehead atoms. The number of benzene rings is 2. The fraction of sp³-hybridized carbons (Fsp3) is 0.250. The summed E-state index contributed by atoms with van der Waals surface area (Å²) in [5.74, 6) is 1.76. The van der Waals surface area contributed by atoms with Gasteiger partial charge in [0.25, 0.3) is 0 Å². The van der Waals surface area contributed by atoms with E-state index in [0.29, 0.717) is 6.54 Å². The second-order valence-corrected chi connectivity index (χ2v) is 6.22. The molecule has 0 heterocycles. The van der Waals surface area contributed by atoms with Gasteiger partial charge in [0.1, 0.15) is 11.5 Å². The van der Waals surface area contributed by atoms with Crippen LogP contribution in [0.2, 0.25) is 0 Å². The Balaban J connectivity index is 2.18. The zero-order chi connectivity index (χ0) is 14.4. The van der Waals surface area contributed by atoms with Crippen molar-refractivity contribution in [3.05, 3.63) is 52.5 Å². The fourth-order valence-electron chi connectivity index (χ4n) is 1.91. The van der Waals surface area contributed by atoms with E-state index in [4.69, 9.17) is 10.5 Å². The Bertz CT molecular complexity index is 557. The van der Waals surface area contributed by atoms with Crippen LogP contribution in [0.15, 0.2) is 51.8 Å². The third-order valence-electron chi connectivity index (χ3n) is 2.96. The Morgan fingerprint density at radius 2 is 1.90 bits per heavy atom. The minimum Gasteiger partial charge on any atom is -0.457 e. The number of halogens is 1. The molecule has 0 aliphatic carbocycles. The zero-order valence-corrected chi connectivity index (χ0v) is 13.8. The molecule has 0 radical (unpaired) electrons. The first kappa shape index (κ1) is 15.4. The van der Waals surface area contributed by atoms with Crippen molar-refractivity contribution in [1.82, 2.24) is 0 Å². The SMILES string of the molecule is CSc1ccc(Oc2ccc(Br)cc2CCCN)cc1. The molecule has 106 valence electrons. The highest BCUT2D eigenvalue weighted by Crippen LogP contribution is 2.30. The van der Waals surface area contributed by atoms with Crippen LogP contribution in [0, 0.1) is 0 Å². The van der Waals surface area contributed by atoms with Gasteiger partial charge in [-0.25, -0.2) is 0 Å². The largest absolute Gasteiger partial charge is 0.457 e. The topological polar surface area (TPSA) is 35.2 Å². The fourth-order valence-corrected chi connectivity index (χ4v) is 2.72. The molecule has 2 nitrogen and oxygen atoms in total. The maximum atomic E-state index is 5.99. The van der Waals surface area contributed by atoms with Crippen molar-refractivity contribution in [2.45, 2.75) is 17.7 Å². The molecule has 0 aliphatic heterocycles. The predicted octanol–water partition coefficient (Wildman–Crippen LogP) is 4.85. The molecule has 0 saturated heterocycles. The average molecular weight is 352 g/mol. The van der Waals surface area contributed by atoms with Gasteiger partial charge in [0.15, 0.2) is 0 Å². The molecule has 0 aliphatic rings. The van der Waals surface area contributed by atoms with E-state index in [2.05, 4.69) is 40.4 Å². The highest BCUT2D eigenvalue weighted by Gasteiger charge is 2.06. The molecule has 0 fully saturated rings. The molecule has 0 spiro atoms. The zero-order valence-electron chi connectivity index (χ0n) is 11.4. The number of nitrogens with two attached hydrogens (primary N) is 1. The third-order valence-corrected chi connectivity index (χ3v) is 4.20. The monoisotopic (exact) mass is 351 g/mol. The highest BCUT2D eigenvalue weighted by atomic mass is 79.9. The summed E-state index contributed by atoms with van der Waals surface area (Å²) >= 11 is 5.23. The Hall–Kier alpha value is -0.970. The van der Waals surface area contributed by atoms with Gasteiger partial charge >= 0.3 is 0 Å². The van der Waals surface area contributed by atoms with Gasteiger partial charge in [0.05, 0.1) is 0 Å². The van der Waals surface area contributed by atoms with Gasteiger partial charge in [-0.15, -0.1) is 11.8 Å². The molecule has 0 saturated carbocycles. The van der Waals surface area contributed by atoms with Crippen LogP contribution in [-0.2, 0) is 6.42 Å². The van der Waals surface area contributed by atoms with Gasteiger partial charge in [-0.1, -0.05) is 15.9 Å². The normalized spacial score (nSPS) is 10.6. The van der Waals surface area contributed by atoms with Crippen molar-refractivity contribution in [2.24, 2.45) is 5.73 Å². The second kappa shape index (κ2) is 7.72. The minimum atomic E-state index is 0.689. The lowest BCUT2D eigenvalue weighted by atomic mass is 10.1. The van der Waals surface area contributed by atoms with E-state index in [0.717, 1.165) is 28.8 Å². The molecule has 20 heavy (non-hydrogen) atoms. The Kier molecular flexibility index (Phi) is 5.95. The molecule has 4 heteroatoms. The summed E-state index contributed by atoms with van der Waals surface area (Å²) in [5.41, 5.74) is 6.77. The van der Waals surface area contributed by atoms with Crippen LogP contribution in [0.4, 0.5) is 0 Å². The summed E-state index contributed by atoms with van der Waals surface area (Å²) in [7, 11) is 0.